The van der Waals surface area contributed by atoms with Gasteiger partial charge in [-0.3, -0.25) is 0 Å². The summed E-state index contributed by atoms with van der Waals surface area (Å²) in [5, 5.41) is 16.6. The van der Waals surface area contributed by atoms with E-state index in [9.17, 15) is 5.11 Å². The molecule has 4 unspecified atom stereocenters. The van der Waals surface area contributed by atoms with Crippen LogP contribution in [-0.4, -0.2) is 27.9 Å². The van der Waals surface area contributed by atoms with Gasteiger partial charge in [-0.1, -0.05) is 32.4 Å². The van der Waals surface area contributed by atoms with Crippen LogP contribution in [0.5, 0.6) is 0 Å². The largest absolute Gasteiger partial charge is 0.390 e. The Balaban J connectivity index is 1.21. The van der Waals surface area contributed by atoms with E-state index in [1.165, 1.54) is 67.1 Å². The number of benzene rings is 1. The molecule has 4 fully saturated rings. The van der Waals surface area contributed by atoms with Crippen molar-refractivity contribution in [3.8, 4) is 0 Å². The first-order valence-electron chi connectivity index (χ1n) is 13.3. The smallest absolute Gasteiger partial charge is 0.0843 e. The molecule has 4 saturated carbocycles. The predicted octanol–water partition coefficient (Wildman–Crippen LogP) is 5.63. The Morgan fingerprint density at radius 2 is 1.91 bits per heavy atom. The first-order chi connectivity index (χ1) is 15.2. The van der Waals surface area contributed by atoms with Crippen LogP contribution in [0.2, 0.25) is 0 Å². The second-order valence-electron chi connectivity index (χ2n) is 12.9. The molecule has 0 spiro atoms. The van der Waals surface area contributed by atoms with Crippen LogP contribution in [0.3, 0.4) is 0 Å². The zero-order valence-electron chi connectivity index (χ0n) is 20.6. The van der Waals surface area contributed by atoms with Gasteiger partial charge in [-0.25, -0.2) is 0 Å². The van der Waals surface area contributed by atoms with Crippen LogP contribution in [0.1, 0.15) is 76.1 Å². The molecular formula is C29H42N2O. The highest BCUT2D eigenvalue weighted by Gasteiger charge is 2.58. The molecule has 4 bridgehead atoms. The van der Waals surface area contributed by atoms with Gasteiger partial charge in [0.1, 0.15) is 0 Å². The van der Waals surface area contributed by atoms with E-state index >= 15 is 0 Å². The Morgan fingerprint density at radius 1 is 1.16 bits per heavy atom. The molecule has 2 aromatic rings. The van der Waals surface area contributed by atoms with Crippen molar-refractivity contribution in [1.29, 1.82) is 0 Å². The van der Waals surface area contributed by atoms with Crippen molar-refractivity contribution < 1.29 is 5.11 Å². The van der Waals surface area contributed by atoms with Crippen LogP contribution in [0, 0.1) is 36.0 Å². The van der Waals surface area contributed by atoms with E-state index in [-0.39, 0.29) is 11.6 Å². The second kappa shape index (κ2) is 7.34. The standard InChI is InChI=1S/C29H42N2O/c1-18-5-7-26-24(9-18)25-10-19(2)6-8-27(25)31(26)16-23(32)15-30-29-13-21-11-28(4,17-29)12-22(14-29)20(21)3/h5,7,9,19-23,30,32H,6,8,10-17H2,1-4H3. The number of hydrogen-bond acceptors (Lipinski definition) is 2. The highest BCUT2D eigenvalue weighted by Crippen LogP contribution is 2.63. The quantitative estimate of drug-likeness (QED) is 0.640. The summed E-state index contributed by atoms with van der Waals surface area (Å²) in [4.78, 5) is 0. The number of nitrogens with zero attached hydrogens (tertiary/aromatic N) is 1. The van der Waals surface area contributed by atoms with Crippen molar-refractivity contribution in [2.24, 2.45) is 29.1 Å². The third kappa shape index (κ3) is 3.38. The lowest BCUT2D eigenvalue weighted by atomic mass is 9.44. The normalized spacial score (nSPS) is 38.9. The van der Waals surface area contributed by atoms with Gasteiger partial charge in [0.25, 0.3) is 0 Å². The fourth-order valence-corrected chi connectivity index (χ4v) is 8.78. The van der Waals surface area contributed by atoms with E-state index in [1.54, 1.807) is 5.56 Å². The number of aliphatic hydroxyl groups is 1. The van der Waals surface area contributed by atoms with Crippen molar-refractivity contribution in [3.05, 3.63) is 35.0 Å². The molecule has 1 aromatic heterocycles. The van der Waals surface area contributed by atoms with Crippen molar-refractivity contribution >= 4 is 10.9 Å². The molecule has 0 saturated heterocycles. The van der Waals surface area contributed by atoms with Crippen LogP contribution >= 0.6 is 0 Å². The molecule has 1 heterocycles. The van der Waals surface area contributed by atoms with Gasteiger partial charge in [-0.05, 0) is 105 Å². The molecule has 5 aliphatic rings. The maximum absolute atomic E-state index is 11.2. The summed E-state index contributed by atoms with van der Waals surface area (Å²) in [6, 6.07) is 6.88. The summed E-state index contributed by atoms with van der Waals surface area (Å²) in [5.41, 5.74) is 6.50. The minimum absolute atomic E-state index is 0.277. The molecule has 5 aliphatic carbocycles. The van der Waals surface area contributed by atoms with Gasteiger partial charge < -0.3 is 15.0 Å². The fourth-order valence-electron chi connectivity index (χ4n) is 8.78. The zero-order valence-corrected chi connectivity index (χ0v) is 20.6. The Morgan fingerprint density at radius 3 is 2.66 bits per heavy atom. The van der Waals surface area contributed by atoms with Crippen LogP contribution in [0.15, 0.2) is 18.2 Å². The van der Waals surface area contributed by atoms with E-state index < -0.39 is 0 Å². The van der Waals surface area contributed by atoms with Gasteiger partial charge in [-0.2, -0.15) is 0 Å². The van der Waals surface area contributed by atoms with Crippen LogP contribution < -0.4 is 5.32 Å². The summed E-state index contributed by atoms with van der Waals surface area (Å²) in [6.45, 7) is 11.1. The first kappa shape index (κ1) is 21.2. The number of nitrogens with one attached hydrogen (secondary N) is 1. The average Bonchev–Trinajstić information content (AvgIpc) is 3.01. The highest BCUT2D eigenvalue weighted by atomic mass is 16.3. The molecule has 0 radical (unpaired) electrons. The number of aryl methyl sites for hydroxylation is 1. The third-order valence-corrected chi connectivity index (χ3v) is 10.0. The van der Waals surface area contributed by atoms with Gasteiger partial charge >= 0.3 is 0 Å². The van der Waals surface area contributed by atoms with E-state index in [0.717, 1.165) is 36.6 Å². The Bertz CT molecular complexity index is 1020. The summed E-state index contributed by atoms with van der Waals surface area (Å²) in [5.74, 6) is 3.42. The van der Waals surface area contributed by atoms with Gasteiger partial charge in [-0.15, -0.1) is 0 Å². The Labute approximate surface area is 194 Å². The minimum Gasteiger partial charge on any atom is -0.390 e. The highest BCUT2D eigenvalue weighted by molar-refractivity contribution is 5.86. The molecule has 7 rings (SSSR count). The Hall–Kier alpha value is -1.32. The summed E-state index contributed by atoms with van der Waals surface area (Å²) in [7, 11) is 0. The summed E-state index contributed by atoms with van der Waals surface area (Å²) in [6.07, 6.45) is 10.1. The summed E-state index contributed by atoms with van der Waals surface area (Å²) >= 11 is 0. The molecular weight excluding hydrogens is 392 g/mol. The number of aromatic nitrogens is 1. The topological polar surface area (TPSA) is 37.2 Å². The van der Waals surface area contributed by atoms with Crippen molar-refractivity contribution in [3.63, 3.8) is 0 Å². The minimum atomic E-state index is -0.339. The van der Waals surface area contributed by atoms with Crippen molar-refractivity contribution in [2.45, 2.75) is 97.2 Å². The Kier molecular flexibility index (Phi) is 4.87. The average molecular weight is 435 g/mol. The molecule has 0 aliphatic heterocycles. The zero-order chi connectivity index (χ0) is 22.3. The molecule has 32 heavy (non-hydrogen) atoms. The lowest BCUT2D eigenvalue weighted by Gasteiger charge is -2.64. The van der Waals surface area contributed by atoms with Crippen LogP contribution in [0.4, 0.5) is 0 Å². The van der Waals surface area contributed by atoms with Gasteiger partial charge in [0.15, 0.2) is 0 Å². The predicted molar refractivity (Wildman–Crippen MR) is 132 cm³/mol. The van der Waals surface area contributed by atoms with Gasteiger partial charge in [0, 0.05) is 28.7 Å². The molecule has 0 amide bonds. The SMILES string of the molecule is Cc1ccc2c(c1)c1c(n2CC(O)CNC23CC4CC(C)(CC(C2)C4C)C3)CCC(C)C1. The monoisotopic (exact) mass is 434 g/mol. The van der Waals surface area contributed by atoms with Crippen molar-refractivity contribution in [1.82, 2.24) is 9.88 Å². The number of aliphatic hydroxyl groups excluding tert-OH is 1. The van der Waals surface area contributed by atoms with E-state index in [0.29, 0.717) is 12.0 Å². The van der Waals surface area contributed by atoms with Gasteiger partial charge in [0.05, 0.1) is 12.6 Å². The fraction of sp³-hybridized carbons (Fsp3) is 0.724. The number of rotatable bonds is 5. The maximum atomic E-state index is 11.2. The number of fused-ring (bicyclic) bond motifs is 3. The van der Waals surface area contributed by atoms with Crippen molar-refractivity contribution in [2.75, 3.05) is 6.54 Å². The van der Waals surface area contributed by atoms with E-state index in [4.69, 9.17) is 0 Å². The van der Waals surface area contributed by atoms with Crippen LogP contribution in [0.25, 0.3) is 10.9 Å². The lowest BCUT2D eigenvalue weighted by molar-refractivity contribution is -0.108. The number of hydrogen-bond donors (Lipinski definition) is 2. The maximum Gasteiger partial charge on any atom is 0.0843 e. The molecule has 174 valence electrons. The van der Waals surface area contributed by atoms with E-state index in [2.05, 4.69) is 55.8 Å². The molecule has 4 atom stereocenters. The van der Waals surface area contributed by atoms with E-state index in [1.807, 2.05) is 0 Å². The first-order valence-corrected chi connectivity index (χ1v) is 13.3. The molecule has 1 aromatic carbocycles. The third-order valence-electron chi connectivity index (χ3n) is 10.0. The molecule has 3 heteroatoms. The lowest BCUT2D eigenvalue weighted by Crippen LogP contribution is -2.64. The second-order valence-corrected chi connectivity index (χ2v) is 12.9. The molecule has 2 N–H and O–H groups in total. The molecule has 3 nitrogen and oxygen atoms in total. The van der Waals surface area contributed by atoms with Gasteiger partial charge in [0.2, 0.25) is 0 Å². The van der Waals surface area contributed by atoms with Crippen LogP contribution in [-0.2, 0) is 19.4 Å². The number of β-amino-alcohol motifs (C(OH)–C–C–N with tert-alkyl or cyclic N) is 1. The summed E-state index contributed by atoms with van der Waals surface area (Å²) < 4.78 is 2.46.